The van der Waals surface area contributed by atoms with Crippen molar-refractivity contribution in [1.29, 1.82) is 5.26 Å². The van der Waals surface area contributed by atoms with E-state index >= 15 is 0 Å². The number of anilines is 2. The number of rotatable bonds is 3. The SMILES string of the molecule is N#Cc1ccnc(Nc2ccccc2C(N)=O)n1. The van der Waals surface area contributed by atoms with Crippen LogP contribution in [-0.4, -0.2) is 15.9 Å². The number of nitrogens with zero attached hydrogens (tertiary/aromatic N) is 3. The summed E-state index contributed by atoms with van der Waals surface area (Å²) in [7, 11) is 0. The van der Waals surface area contributed by atoms with E-state index in [-0.39, 0.29) is 11.6 Å². The molecule has 1 aromatic heterocycles. The first-order valence-corrected chi connectivity index (χ1v) is 5.09. The van der Waals surface area contributed by atoms with Crippen molar-refractivity contribution in [2.75, 3.05) is 5.32 Å². The molecule has 0 aliphatic rings. The summed E-state index contributed by atoms with van der Waals surface area (Å²) in [5, 5.41) is 11.6. The molecule has 0 atom stereocenters. The second-order valence-corrected chi connectivity index (χ2v) is 3.41. The van der Waals surface area contributed by atoms with Crippen molar-refractivity contribution in [3.8, 4) is 6.07 Å². The van der Waals surface area contributed by atoms with Crippen LogP contribution in [0.25, 0.3) is 0 Å². The van der Waals surface area contributed by atoms with Crippen molar-refractivity contribution >= 4 is 17.5 Å². The highest BCUT2D eigenvalue weighted by molar-refractivity contribution is 5.98. The van der Waals surface area contributed by atoms with Crippen LogP contribution in [0, 0.1) is 11.3 Å². The Morgan fingerprint density at radius 3 is 2.83 bits per heavy atom. The Morgan fingerprint density at radius 2 is 2.11 bits per heavy atom. The Labute approximate surface area is 103 Å². The number of carbonyl (C=O) groups excluding carboxylic acids is 1. The fraction of sp³-hybridized carbons (Fsp3) is 0. The lowest BCUT2D eigenvalue weighted by Crippen LogP contribution is -2.13. The number of hydrogen-bond acceptors (Lipinski definition) is 5. The normalized spacial score (nSPS) is 9.50. The first-order chi connectivity index (χ1) is 8.70. The molecule has 88 valence electrons. The summed E-state index contributed by atoms with van der Waals surface area (Å²) >= 11 is 0. The van der Waals surface area contributed by atoms with Gasteiger partial charge in [-0.25, -0.2) is 9.97 Å². The molecule has 6 heteroatoms. The lowest BCUT2D eigenvalue weighted by molar-refractivity contribution is 0.100. The van der Waals surface area contributed by atoms with Crippen molar-refractivity contribution in [2.45, 2.75) is 0 Å². The molecule has 0 bridgehead atoms. The number of benzene rings is 1. The third-order valence-electron chi connectivity index (χ3n) is 2.21. The van der Waals surface area contributed by atoms with Gasteiger partial charge in [0.1, 0.15) is 11.8 Å². The number of nitrogens with two attached hydrogens (primary N) is 1. The van der Waals surface area contributed by atoms with E-state index in [0.29, 0.717) is 11.3 Å². The van der Waals surface area contributed by atoms with Crippen molar-refractivity contribution in [3.05, 3.63) is 47.8 Å². The van der Waals surface area contributed by atoms with Crippen LogP contribution in [0.15, 0.2) is 36.5 Å². The van der Waals surface area contributed by atoms with Crippen LogP contribution in [0.1, 0.15) is 16.1 Å². The molecular weight excluding hydrogens is 230 g/mol. The minimum absolute atomic E-state index is 0.239. The molecule has 1 heterocycles. The highest BCUT2D eigenvalue weighted by Gasteiger charge is 2.08. The summed E-state index contributed by atoms with van der Waals surface area (Å²) in [6.07, 6.45) is 1.46. The van der Waals surface area contributed by atoms with Gasteiger partial charge in [-0.15, -0.1) is 0 Å². The summed E-state index contributed by atoms with van der Waals surface area (Å²) in [5.74, 6) is -0.308. The summed E-state index contributed by atoms with van der Waals surface area (Å²) in [4.78, 5) is 19.1. The fourth-order valence-corrected chi connectivity index (χ4v) is 1.41. The first kappa shape index (κ1) is 11.5. The van der Waals surface area contributed by atoms with Crippen molar-refractivity contribution in [2.24, 2.45) is 5.73 Å². The Kier molecular flexibility index (Phi) is 3.16. The zero-order chi connectivity index (χ0) is 13.0. The molecule has 18 heavy (non-hydrogen) atoms. The molecule has 6 nitrogen and oxygen atoms in total. The maximum absolute atomic E-state index is 11.2. The molecule has 0 aliphatic carbocycles. The molecule has 2 rings (SSSR count). The van der Waals surface area contributed by atoms with Crippen LogP contribution in [-0.2, 0) is 0 Å². The van der Waals surface area contributed by atoms with E-state index < -0.39 is 5.91 Å². The standard InChI is InChI=1S/C12H9N5O/c13-7-8-5-6-15-12(16-8)17-10-4-2-1-3-9(10)11(14)18/h1-6H,(H2,14,18)(H,15,16,17). The van der Waals surface area contributed by atoms with Gasteiger partial charge in [0.15, 0.2) is 0 Å². The smallest absolute Gasteiger partial charge is 0.250 e. The number of primary amides is 1. The summed E-state index contributed by atoms with van der Waals surface area (Å²) < 4.78 is 0. The molecule has 1 amide bonds. The molecule has 0 saturated carbocycles. The quantitative estimate of drug-likeness (QED) is 0.837. The number of nitrogens with one attached hydrogen (secondary N) is 1. The Balaban J connectivity index is 2.34. The maximum atomic E-state index is 11.2. The van der Waals surface area contributed by atoms with Crippen LogP contribution in [0.4, 0.5) is 11.6 Å². The van der Waals surface area contributed by atoms with E-state index in [2.05, 4.69) is 15.3 Å². The van der Waals surface area contributed by atoms with Crippen molar-refractivity contribution in [3.63, 3.8) is 0 Å². The van der Waals surface area contributed by atoms with Crippen LogP contribution >= 0.6 is 0 Å². The van der Waals surface area contributed by atoms with Gasteiger partial charge in [-0.1, -0.05) is 12.1 Å². The maximum Gasteiger partial charge on any atom is 0.250 e. The molecule has 3 N–H and O–H groups in total. The van der Waals surface area contributed by atoms with E-state index in [4.69, 9.17) is 11.0 Å². The second kappa shape index (κ2) is 4.93. The number of carbonyl (C=O) groups is 1. The molecule has 2 aromatic rings. The lowest BCUT2D eigenvalue weighted by atomic mass is 10.1. The molecule has 0 unspecified atom stereocenters. The second-order valence-electron chi connectivity index (χ2n) is 3.41. The summed E-state index contributed by atoms with van der Waals surface area (Å²) in [5.41, 5.74) is 6.33. The zero-order valence-electron chi connectivity index (χ0n) is 9.29. The van der Waals surface area contributed by atoms with E-state index in [9.17, 15) is 4.79 Å². The highest BCUT2D eigenvalue weighted by Crippen LogP contribution is 2.17. The van der Waals surface area contributed by atoms with Crippen molar-refractivity contribution in [1.82, 2.24) is 9.97 Å². The molecule has 0 aliphatic heterocycles. The van der Waals surface area contributed by atoms with Gasteiger partial charge < -0.3 is 11.1 Å². The molecule has 1 aromatic carbocycles. The van der Waals surface area contributed by atoms with E-state index in [1.807, 2.05) is 6.07 Å². The monoisotopic (exact) mass is 239 g/mol. The largest absolute Gasteiger partial charge is 0.366 e. The molecule has 0 saturated heterocycles. The minimum Gasteiger partial charge on any atom is -0.366 e. The Morgan fingerprint density at radius 1 is 1.33 bits per heavy atom. The van der Waals surface area contributed by atoms with Gasteiger partial charge in [-0.3, -0.25) is 4.79 Å². The highest BCUT2D eigenvalue weighted by atomic mass is 16.1. The van der Waals surface area contributed by atoms with Gasteiger partial charge in [0.25, 0.3) is 5.91 Å². The van der Waals surface area contributed by atoms with Gasteiger partial charge in [0.2, 0.25) is 5.95 Å². The van der Waals surface area contributed by atoms with Gasteiger partial charge >= 0.3 is 0 Å². The number of hydrogen-bond donors (Lipinski definition) is 2. The van der Waals surface area contributed by atoms with Gasteiger partial charge in [0.05, 0.1) is 11.3 Å². The number of para-hydroxylation sites is 1. The minimum atomic E-state index is -0.547. The van der Waals surface area contributed by atoms with Gasteiger partial charge in [-0.05, 0) is 18.2 Å². The molecular formula is C12H9N5O. The van der Waals surface area contributed by atoms with Gasteiger partial charge in [-0.2, -0.15) is 5.26 Å². The first-order valence-electron chi connectivity index (χ1n) is 5.09. The summed E-state index contributed by atoms with van der Waals surface area (Å²) in [6, 6.07) is 10.1. The number of nitriles is 1. The number of amides is 1. The number of aromatic nitrogens is 2. The van der Waals surface area contributed by atoms with Crippen LogP contribution in [0.2, 0.25) is 0 Å². The Hall–Kier alpha value is -2.94. The van der Waals surface area contributed by atoms with E-state index in [1.165, 1.54) is 12.3 Å². The van der Waals surface area contributed by atoms with Crippen LogP contribution in [0.5, 0.6) is 0 Å². The average Bonchev–Trinajstić information content (AvgIpc) is 2.39. The van der Waals surface area contributed by atoms with E-state index in [0.717, 1.165) is 0 Å². The lowest BCUT2D eigenvalue weighted by Gasteiger charge is -2.07. The van der Waals surface area contributed by atoms with Crippen molar-refractivity contribution < 1.29 is 4.79 Å². The molecule has 0 fully saturated rings. The van der Waals surface area contributed by atoms with E-state index in [1.54, 1.807) is 24.3 Å². The van der Waals surface area contributed by atoms with Crippen LogP contribution in [0.3, 0.4) is 0 Å². The van der Waals surface area contributed by atoms with Gasteiger partial charge in [0, 0.05) is 6.20 Å². The third kappa shape index (κ3) is 2.41. The van der Waals surface area contributed by atoms with Crippen LogP contribution < -0.4 is 11.1 Å². The average molecular weight is 239 g/mol. The molecule has 0 radical (unpaired) electrons. The zero-order valence-corrected chi connectivity index (χ0v) is 9.29. The third-order valence-corrected chi connectivity index (χ3v) is 2.21. The predicted molar refractivity (Wildman–Crippen MR) is 65.0 cm³/mol. The Bertz CT molecular complexity index is 632. The topological polar surface area (TPSA) is 105 Å². The molecule has 0 spiro atoms. The summed E-state index contributed by atoms with van der Waals surface area (Å²) in [6.45, 7) is 0. The predicted octanol–water partition coefficient (Wildman–Crippen LogP) is 1.19. The fourth-order valence-electron chi connectivity index (χ4n) is 1.41.